The molecule has 0 amide bonds. The Morgan fingerprint density at radius 3 is 2.35 bits per heavy atom. The third-order valence-electron chi connectivity index (χ3n) is 4.44. The molecule has 3 aromatic carbocycles. The quantitative estimate of drug-likeness (QED) is 0.548. The lowest BCUT2D eigenvalue weighted by Crippen LogP contribution is -2.24. The number of rotatable bonds is 4. The minimum Gasteiger partial charge on any atom is -0.292 e. The van der Waals surface area contributed by atoms with Crippen LogP contribution in [0.3, 0.4) is 0 Å². The summed E-state index contributed by atoms with van der Waals surface area (Å²) >= 11 is 0. The van der Waals surface area contributed by atoms with Crippen molar-refractivity contribution >= 4 is 10.9 Å². The van der Waals surface area contributed by atoms with Crippen LogP contribution in [0.2, 0.25) is 0 Å². The average Bonchev–Trinajstić information content (AvgIpc) is 2.68. The second kappa shape index (κ2) is 6.92. The van der Waals surface area contributed by atoms with E-state index in [-0.39, 0.29) is 11.4 Å². The largest absolute Gasteiger partial charge is 0.292 e. The molecule has 0 spiro atoms. The van der Waals surface area contributed by atoms with Crippen molar-refractivity contribution in [2.75, 3.05) is 0 Å². The summed E-state index contributed by atoms with van der Waals surface area (Å²) in [6.45, 7) is 0.435. The molecule has 0 N–H and O–H groups in total. The molecule has 0 fully saturated rings. The van der Waals surface area contributed by atoms with Crippen molar-refractivity contribution < 1.29 is 4.39 Å². The van der Waals surface area contributed by atoms with Gasteiger partial charge in [0.2, 0.25) is 0 Å². The van der Waals surface area contributed by atoms with Gasteiger partial charge in [-0.2, -0.15) is 0 Å². The van der Waals surface area contributed by atoms with Crippen molar-refractivity contribution in [1.29, 1.82) is 0 Å². The Kier molecular flexibility index (Phi) is 4.32. The smallest absolute Gasteiger partial charge is 0.261 e. The van der Waals surface area contributed by atoms with Crippen molar-refractivity contribution in [1.82, 2.24) is 9.55 Å². The Labute approximate surface area is 150 Å². The maximum Gasteiger partial charge on any atom is 0.261 e. The molecule has 1 aromatic heterocycles. The number of halogens is 1. The fraction of sp³-hybridized carbons (Fsp3) is 0.0909. The average molecular weight is 344 g/mol. The van der Waals surface area contributed by atoms with E-state index in [1.807, 2.05) is 42.5 Å². The molecule has 0 radical (unpaired) electrons. The van der Waals surface area contributed by atoms with Gasteiger partial charge in [-0.3, -0.25) is 9.36 Å². The lowest BCUT2D eigenvalue weighted by atomic mass is 10.1. The van der Waals surface area contributed by atoms with Gasteiger partial charge in [0.15, 0.2) is 0 Å². The molecule has 0 aliphatic rings. The van der Waals surface area contributed by atoms with Crippen LogP contribution in [0.25, 0.3) is 22.3 Å². The maximum atomic E-state index is 14.4. The summed E-state index contributed by atoms with van der Waals surface area (Å²) in [6.07, 6.45) is 0.669. The summed E-state index contributed by atoms with van der Waals surface area (Å²) in [6, 6.07) is 23.5. The molecule has 0 aliphatic heterocycles. The third kappa shape index (κ3) is 3.02. The van der Waals surface area contributed by atoms with Crippen LogP contribution in [0.4, 0.5) is 4.39 Å². The predicted molar refractivity (Wildman–Crippen MR) is 102 cm³/mol. The topological polar surface area (TPSA) is 34.9 Å². The van der Waals surface area contributed by atoms with Crippen molar-refractivity contribution in [3.05, 3.63) is 101 Å². The lowest BCUT2D eigenvalue weighted by molar-refractivity contribution is 0.620. The number of benzene rings is 3. The van der Waals surface area contributed by atoms with Crippen LogP contribution in [-0.4, -0.2) is 9.55 Å². The summed E-state index contributed by atoms with van der Waals surface area (Å²) in [7, 11) is 0. The summed E-state index contributed by atoms with van der Waals surface area (Å²) < 4.78 is 16.0. The molecule has 4 heteroatoms. The van der Waals surface area contributed by atoms with Crippen LogP contribution in [0.15, 0.2) is 83.7 Å². The van der Waals surface area contributed by atoms with Gasteiger partial charge in [0, 0.05) is 6.54 Å². The first-order chi connectivity index (χ1) is 12.7. The molecule has 0 aliphatic carbocycles. The zero-order chi connectivity index (χ0) is 17.9. The van der Waals surface area contributed by atoms with E-state index in [2.05, 4.69) is 4.98 Å². The summed E-state index contributed by atoms with van der Waals surface area (Å²) in [5, 5.41) is 0.542. The highest BCUT2D eigenvalue weighted by Crippen LogP contribution is 2.22. The van der Waals surface area contributed by atoms with Crippen LogP contribution < -0.4 is 5.56 Å². The summed E-state index contributed by atoms with van der Waals surface area (Å²) in [4.78, 5) is 17.7. The van der Waals surface area contributed by atoms with Gasteiger partial charge in [0.1, 0.15) is 11.6 Å². The number of nitrogens with zero attached hydrogens (tertiary/aromatic N) is 2. The molecule has 3 nitrogen and oxygen atoms in total. The van der Waals surface area contributed by atoms with Gasteiger partial charge < -0.3 is 0 Å². The maximum absolute atomic E-state index is 14.4. The van der Waals surface area contributed by atoms with E-state index in [1.165, 1.54) is 6.07 Å². The lowest BCUT2D eigenvalue weighted by Gasteiger charge is -2.14. The first kappa shape index (κ1) is 16.2. The van der Waals surface area contributed by atoms with E-state index in [1.54, 1.807) is 34.9 Å². The van der Waals surface area contributed by atoms with Crippen molar-refractivity contribution in [2.24, 2.45) is 0 Å². The zero-order valence-electron chi connectivity index (χ0n) is 14.1. The first-order valence-corrected chi connectivity index (χ1v) is 8.52. The van der Waals surface area contributed by atoms with Gasteiger partial charge in [-0.05, 0) is 36.2 Å². The number of fused-ring (bicyclic) bond motifs is 1. The first-order valence-electron chi connectivity index (χ1n) is 8.52. The monoisotopic (exact) mass is 344 g/mol. The molecule has 4 aromatic rings. The SMILES string of the molecule is O=c1c2ccccc2nc(-c2ccccc2F)n1CCc1ccccc1. The number of para-hydroxylation sites is 1. The third-order valence-corrected chi connectivity index (χ3v) is 4.44. The summed E-state index contributed by atoms with van der Waals surface area (Å²) in [5.74, 6) is -0.0223. The van der Waals surface area contributed by atoms with Crippen LogP contribution in [0, 0.1) is 5.82 Å². The minimum atomic E-state index is -0.386. The normalized spacial score (nSPS) is 11.0. The fourth-order valence-electron chi connectivity index (χ4n) is 3.11. The van der Waals surface area contributed by atoms with Crippen LogP contribution in [0.1, 0.15) is 5.56 Å². The molecular formula is C22H17FN2O. The standard InChI is InChI=1S/C22H17FN2O/c23-19-12-6-4-10-17(19)21-24-20-13-7-5-11-18(20)22(26)25(21)15-14-16-8-2-1-3-9-16/h1-13H,14-15H2. The highest BCUT2D eigenvalue weighted by Gasteiger charge is 2.15. The minimum absolute atomic E-state index is 0.148. The van der Waals surface area contributed by atoms with Gasteiger partial charge in [0.25, 0.3) is 5.56 Å². The van der Waals surface area contributed by atoms with E-state index >= 15 is 0 Å². The van der Waals surface area contributed by atoms with E-state index in [4.69, 9.17) is 0 Å². The Bertz CT molecular complexity index is 1120. The van der Waals surface area contributed by atoms with Crippen LogP contribution >= 0.6 is 0 Å². The molecule has 128 valence electrons. The molecule has 4 rings (SSSR count). The van der Waals surface area contributed by atoms with Crippen LogP contribution in [0.5, 0.6) is 0 Å². The Morgan fingerprint density at radius 1 is 0.846 bits per heavy atom. The van der Waals surface area contributed by atoms with Crippen molar-refractivity contribution in [3.63, 3.8) is 0 Å². The zero-order valence-corrected chi connectivity index (χ0v) is 14.1. The molecule has 0 atom stereocenters. The van der Waals surface area contributed by atoms with Gasteiger partial charge in [-0.25, -0.2) is 9.37 Å². The van der Waals surface area contributed by atoms with Gasteiger partial charge >= 0.3 is 0 Å². The fourth-order valence-corrected chi connectivity index (χ4v) is 3.11. The Balaban J connectivity index is 1.88. The highest BCUT2D eigenvalue weighted by molar-refractivity contribution is 5.79. The number of hydrogen-bond acceptors (Lipinski definition) is 2. The van der Waals surface area contributed by atoms with Gasteiger partial charge in [-0.1, -0.05) is 54.6 Å². The highest BCUT2D eigenvalue weighted by atomic mass is 19.1. The molecule has 0 bridgehead atoms. The van der Waals surface area contributed by atoms with Crippen molar-refractivity contribution in [3.8, 4) is 11.4 Å². The number of hydrogen-bond donors (Lipinski definition) is 0. The second-order valence-electron chi connectivity index (χ2n) is 6.12. The Hall–Kier alpha value is -3.27. The van der Waals surface area contributed by atoms with Crippen molar-refractivity contribution in [2.45, 2.75) is 13.0 Å². The number of aryl methyl sites for hydroxylation is 1. The second-order valence-corrected chi connectivity index (χ2v) is 6.12. The van der Waals surface area contributed by atoms with E-state index in [9.17, 15) is 9.18 Å². The molecular weight excluding hydrogens is 327 g/mol. The van der Waals surface area contributed by atoms with E-state index in [0.717, 1.165) is 5.56 Å². The summed E-state index contributed by atoms with van der Waals surface area (Å²) in [5.41, 5.74) is 1.88. The molecule has 0 saturated heterocycles. The number of aromatic nitrogens is 2. The molecule has 26 heavy (non-hydrogen) atoms. The Morgan fingerprint density at radius 2 is 1.54 bits per heavy atom. The van der Waals surface area contributed by atoms with E-state index in [0.29, 0.717) is 35.3 Å². The predicted octanol–water partition coefficient (Wildman–Crippen LogP) is 4.45. The molecule has 0 saturated carbocycles. The van der Waals surface area contributed by atoms with Crippen LogP contribution in [-0.2, 0) is 13.0 Å². The van der Waals surface area contributed by atoms with Gasteiger partial charge in [0.05, 0.1) is 16.5 Å². The van der Waals surface area contributed by atoms with E-state index < -0.39 is 0 Å². The van der Waals surface area contributed by atoms with Gasteiger partial charge in [-0.15, -0.1) is 0 Å². The molecule has 1 heterocycles. The molecule has 0 unspecified atom stereocenters.